The molecule has 0 bridgehead atoms. The molecule has 2 heterocycles. The Bertz CT molecular complexity index is 704. The highest BCUT2D eigenvalue weighted by Crippen LogP contribution is 2.38. The van der Waals surface area contributed by atoms with E-state index in [1.807, 2.05) is 0 Å². The Labute approximate surface area is 138 Å². The van der Waals surface area contributed by atoms with Gasteiger partial charge in [0.2, 0.25) is 5.89 Å². The summed E-state index contributed by atoms with van der Waals surface area (Å²) >= 11 is 5.86. The summed E-state index contributed by atoms with van der Waals surface area (Å²) in [4.78, 5) is 6.67. The first-order valence-corrected chi connectivity index (χ1v) is 8.18. The van der Waals surface area contributed by atoms with Gasteiger partial charge in [0.25, 0.3) is 0 Å². The molecule has 1 aromatic carbocycles. The molecule has 0 spiro atoms. The van der Waals surface area contributed by atoms with Crippen LogP contribution in [0.25, 0.3) is 0 Å². The third-order valence-corrected chi connectivity index (χ3v) is 4.53. The van der Waals surface area contributed by atoms with Crippen molar-refractivity contribution in [3.05, 3.63) is 46.3 Å². The van der Waals surface area contributed by atoms with Gasteiger partial charge in [-0.15, -0.1) is 0 Å². The number of rotatable bonds is 4. The maximum absolute atomic E-state index is 13.3. The lowest BCUT2D eigenvalue weighted by atomic mass is 10.1. The van der Waals surface area contributed by atoms with Gasteiger partial charge >= 0.3 is 0 Å². The van der Waals surface area contributed by atoms with Gasteiger partial charge in [0.15, 0.2) is 5.82 Å². The summed E-state index contributed by atoms with van der Waals surface area (Å²) < 4.78 is 24.4. The molecule has 1 aliphatic heterocycles. The Balaban J connectivity index is 1.42. The average molecular weight is 338 g/mol. The first-order chi connectivity index (χ1) is 11.2. The molecule has 7 heteroatoms. The summed E-state index contributed by atoms with van der Waals surface area (Å²) in [5, 5.41) is 4.18. The van der Waals surface area contributed by atoms with E-state index in [0.717, 1.165) is 30.8 Å². The van der Waals surface area contributed by atoms with Crippen LogP contribution >= 0.6 is 11.6 Å². The van der Waals surface area contributed by atoms with E-state index in [9.17, 15) is 4.39 Å². The van der Waals surface area contributed by atoms with Crippen LogP contribution in [0.2, 0.25) is 5.02 Å². The van der Waals surface area contributed by atoms with Crippen molar-refractivity contribution >= 4 is 11.6 Å². The molecule has 1 unspecified atom stereocenters. The average Bonchev–Trinajstić information content (AvgIpc) is 3.31. The van der Waals surface area contributed by atoms with Crippen molar-refractivity contribution in [1.29, 1.82) is 0 Å². The highest BCUT2D eigenvalue weighted by atomic mass is 35.5. The minimum atomic E-state index is -0.414. The largest absolute Gasteiger partial charge is 0.371 e. The number of halogens is 2. The van der Waals surface area contributed by atoms with Crippen LogP contribution in [0, 0.1) is 5.82 Å². The van der Waals surface area contributed by atoms with Crippen molar-refractivity contribution in [1.82, 2.24) is 15.0 Å². The van der Waals surface area contributed by atoms with E-state index in [2.05, 4.69) is 15.0 Å². The summed E-state index contributed by atoms with van der Waals surface area (Å²) in [6.45, 7) is 2.73. The molecule has 122 valence electrons. The summed E-state index contributed by atoms with van der Waals surface area (Å²) in [7, 11) is 0. The molecule has 1 saturated carbocycles. The zero-order valence-electron chi connectivity index (χ0n) is 12.5. The Morgan fingerprint density at radius 1 is 1.35 bits per heavy atom. The van der Waals surface area contributed by atoms with Gasteiger partial charge in [-0.25, -0.2) is 4.39 Å². The lowest BCUT2D eigenvalue weighted by molar-refractivity contribution is -0.0338. The summed E-state index contributed by atoms with van der Waals surface area (Å²) in [6, 6.07) is 4.72. The van der Waals surface area contributed by atoms with Crippen LogP contribution in [-0.2, 0) is 11.3 Å². The van der Waals surface area contributed by atoms with Gasteiger partial charge < -0.3 is 9.26 Å². The molecule has 1 atom stereocenters. The van der Waals surface area contributed by atoms with Crippen molar-refractivity contribution < 1.29 is 13.7 Å². The molecule has 1 aromatic heterocycles. The minimum Gasteiger partial charge on any atom is -0.371 e. The van der Waals surface area contributed by atoms with Crippen molar-refractivity contribution in [2.24, 2.45) is 0 Å². The van der Waals surface area contributed by atoms with E-state index in [1.54, 1.807) is 12.1 Å². The summed E-state index contributed by atoms with van der Waals surface area (Å²) in [6.07, 6.45) is 2.16. The molecule has 0 N–H and O–H groups in total. The van der Waals surface area contributed by atoms with Crippen molar-refractivity contribution in [2.45, 2.75) is 31.4 Å². The fourth-order valence-corrected chi connectivity index (χ4v) is 2.98. The van der Waals surface area contributed by atoms with Crippen LogP contribution in [0.3, 0.4) is 0 Å². The number of aromatic nitrogens is 2. The Morgan fingerprint density at radius 2 is 2.22 bits per heavy atom. The monoisotopic (exact) mass is 337 g/mol. The van der Waals surface area contributed by atoms with E-state index in [-0.39, 0.29) is 11.1 Å². The molecule has 5 nitrogen and oxygen atoms in total. The quantitative estimate of drug-likeness (QED) is 0.856. The molecule has 2 aliphatic rings. The Hall–Kier alpha value is -1.50. The van der Waals surface area contributed by atoms with Gasteiger partial charge in [0.05, 0.1) is 24.3 Å². The highest BCUT2D eigenvalue weighted by molar-refractivity contribution is 6.30. The Morgan fingerprint density at radius 3 is 3.00 bits per heavy atom. The molecule has 23 heavy (non-hydrogen) atoms. The lowest BCUT2D eigenvalue weighted by Gasteiger charge is -2.32. The number of benzene rings is 1. The van der Waals surface area contributed by atoms with Crippen LogP contribution in [0.1, 0.15) is 42.1 Å². The molecule has 0 radical (unpaired) electrons. The number of hydrogen-bond donors (Lipinski definition) is 0. The van der Waals surface area contributed by atoms with Crippen molar-refractivity contribution in [2.75, 3.05) is 19.7 Å². The van der Waals surface area contributed by atoms with Gasteiger partial charge in [-0.2, -0.15) is 4.98 Å². The molecule has 1 aliphatic carbocycles. The minimum absolute atomic E-state index is 0.121. The van der Waals surface area contributed by atoms with Crippen LogP contribution in [0.15, 0.2) is 22.7 Å². The zero-order valence-corrected chi connectivity index (χ0v) is 13.3. The van der Waals surface area contributed by atoms with Gasteiger partial charge in [0, 0.05) is 19.0 Å². The van der Waals surface area contributed by atoms with Crippen LogP contribution in [-0.4, -0.2) is 34.7 Å². The smallest absolute Gasteiger partial charge is 0.229 e. The third-order valence-electron chi connectivity index (χ3n) is 4.24. The van der Waals surface area contributed by atoms with E-state index >= 15 is 0 Å². The lowest BCUT2D eigenvalue weighted by Crippen LogP contribution is -2.38. The second-order valence-electron chi connectivity index (χ2n) is 6.09. The number of morpholine rings is 1. The predicted molar refractivity (Wildman–Crippen MR) is 81.7 cm³/mol. The summed E-state index contributed by atoms with van der Waals surface area (Å²) in [5.41, 5.74) is 0.882. The molecule has 1 saturated heterocycles. The summed E-state index contributed by atoms with van der Waals surface area (Å²) in [5.74, 6) is 1.53. The van der Waals surface area contributed by atoms with Gasteiger partial charge in [-0.3, -0.25) is 4.90 Å². The maximum Gasteiger partial charge on any atom is 0.229 e. The number of hydrogen-bond acceptors (Lipinski definition) is 5. The maximum atomic E-state index is 13.3. The molecular formula is C16H17ClFN3O2. The van der Waals surface area contributed by atoms with Crippen molar-refractivity contribution in [3.63, 3.8) is 0 Å². The molecule has 0 amide bonds. The molecule has 2 aromatic rings. The first-order valence-electron chi connectivity index (χ1n) is 7.80. The number of nitrogens with zero attached hydrogens (tertiary/aromatic N) is 3. The second kappa shape index (κ2) is 6.19. The Kier molecular flexibility index (Phi) is 4.05. The van der Waals surface area contributed by atoms with Gasteiger partial charge in [-0.1, -0.05) is 22.8 Å². The zero-order chi connectivity index (χ0) is 15.8. The topological polar surface area (TPSA) is 51.4 Å². The van der Waals surface area contributed by atoms with Crippen molar-refractivity contribution in [3.8, 4) is 0 Å². The standard InChI is InChI=1S/C16H17ClFN3O2/c17-12-7-11(3-4-13(12)18)14-8-21(5-6-22-14)9-15-19-16(23-20-15)10-1-2-10/h3-4,7,10,14H,1-2,5-6,8-9H2. The van der Waals surface area contributed by atoms with E-state index in [1.165, 1.54) is 6.07 Å². The van der Waals surface area contributed by atoms with Gasteiger partial charge in [-0.05, 0) is 30.5 Å². The highest BCUT2D eigenvalue weighted by Gasteiger charge is 2.30. The predicted octanol–water partition coefficient (Wildman–Crippen LogP) is 3.31. The second-order valence-corrected chi connectivity index (χ2v) is 6.50. The normalized spacial score (nSPS) is 22.4. The fraction of sp³-hybridized carbons (Fsp3) is 0.500. The van der Waals surface area contributed by atoms with Gasteiger partial charge in [0.1, 0.15) is 5.82 Å². The molecular weight excluding hydrogens is 321 g/mol. The van der Waals surface area contributed by atoms with E-state index in [4.69, 9.17) is 20.9 Å². The van der Waals surface area contributed by atoms with Crippen LogP contribution in [0.4, 0.5) is 4.39 Å². The van der Waals surface area contributed by atoms with Crippen LogP contribution < -0.4 is 0 Å². The van der Waals surface area contributed by atoms with E-state index < -0.39 is 5.82 Å². The molecule has 2 fully saturated rings. The fourth-order valence-electron chi connectivity index (χ4n) is 2.79. The third kappa shape index (κ3) is 3.39. The number of ether oxygens (including phenoxy) is 1. The van der Waals surface area contributed by atoms with E-state index in [0.29, 0.717) is 31.4 Å². The SMILES string of the molecule is Fc1ccc(C2CN(Cc3noc(C4CC4)n3)CCO2)cc1Cl. The molecule has 4 rings (SSSR count). The van der Waals surface area contributed by atoms with Crippen LogP contribution in [0.5, 0.6) is 0 Å². The first kappa shape index (κ1) is 15.1.